The van der Waals surface area contributed by atoms with Gasteiger partial charge < -0.3 is 4.74 Å². The van der Waals surface area contributed by atoms with Crippen LogP contribution in [0.25, 0.3) is 16.8 Å². The highest BCUT2D eigenvalue weighted by Crippen LogP contribution is 2.39. The van der Waals surface area contributed by atoms with Gasteiger partial charge in [-0.1, -0.05) is 84.6 Å². The van der Waals surface area contributed by atoms with Crippen LogP contribution in [0.1, 0.15) is 11.1 Å². The van der Waals surface area contributed by atoms with Crippen LogP contribution in [0.4, 0.5) is 10.1 Å². The van der Waals surface area contributed by atoms with Crippen molar-refractivity contribution in [3.05, 3.63) is 113 Å². The molecule has 0 unspecified atom stereocenters. The highest BCUT2D eigenvalue weighted by Gasteiger charge is 2.33. The average molecular weight is 472 g/mol. The van der Waals surface area contributed by atoms with Gasteiger partial charge in [-0.25, -0.2) is 4.39 Å². The summed E-state index contributed by atoms with van der Waals surface area (Å²) in [5.41, 5.74) is 2.41. The van der Waals surface area contributed by atoms with E-state index in [2.05, 4.69) is 0 Å². The first kappa shape index (κ1) is 21.4. The third-order valence-corrected chi connectivity index (χ3v) is 6.62. The number of halogens is 1. The summed E-state index contributed by atoms with van der Waals surface area (Å²) in [6.45, 7) is 0.282. The van der Waals surface area contributed by atoms with Gasteiger partial charge in [0, 0.05) is 5.56 Å². The summed E-state index contributed by atoms with van der Waals surface area (Å²) in [5.74, 6) is 0.196. The maximum absolute atomic E-state index is 13.3. The monoisotopic (exact) mass is 471 g/mol. The molecule has 3 nitrogen and oxygen atoms in total. The van der Waals surface area contributed by atoms with Crippen LogP contribution in [0.3, 0.4) is 0 Å². The number of ether oxygens (including phenoxy) is 1. The molecule has 0 spiro atoms. The summed E-state index contributed by atoms with van der Waals surface area (Å²) in [4.78, 5) is 15.3. The molecule has 33 heavy (non-hydrogen) atoms. The Labute approximate surface area is 200 Å². The van der Waals surface area contributed by atoms with E-state index in [1.54, 1.807) is 17.0 Å². The number of nitrogens with zero attached hydrogens (tertiary/aromatic N) is 1. The second-order valence-electron chi connectivity index (χ2n) is 7.47. The molecule has 1 heterocycles. The number of rotatable bonds is 5. The first-order valence-electron chi connectivity index (χ1n) is 10.3. The first-order chi connectivity index (χ1) is 16.1. The van der Waals surface area contributed by atoms with E-state index in [0.717, 1.165) is 27.6 Å². The van der Waals surface area contributed by atoms with E-state index in [1.165, 1.54) is 23.9 Å². The highest BCUT2D eigenvalue weighted by molar-refractivity contribution is 8.27. The van der Waals surface area contributed by atoms with Crippen molar-refractivity contribution in [3.63, 3.8) is 0 Å². The van der Waals surface area contributed by atoms with Crippen molar-refractivity contribution in [1.82, 2.24) is 0 Å². The molecule has 0 aromatic heterocycles. The molecule has 6 heteroatoms. The van der Waals surface area contributed by atoms with Gasteiger partial charge in [-0.3, -0.25) is 9.69 Å². The van der Waals surface area contributed by atoms with E-state index < -0.39 is 0 Å². The highest BCUT2D eigenvalue weighted by atomic mass is 32.2. The van der Waals surface area contributed by atoms with Crippen molar-refractivity contribution < 1.29 is 13.9 Å². The van der Waals surface area contributed by atoms with Crippen LogP contribution in [-0.4, -0.2) is 10.2 Å². The number of carbonyl (C=O) groups excluding carboxylic acids is 1. The lowest BCUT2D eigenvalue weighted by Crippen LogP contribution is -2.27. The fraction of sp³-hybridized carbons (Fsp3) is 0.0370. The van der Waals surface area contributed by atoms with Crippen molar-refractivity contribution in [1.29, 1.82) is 0 Å². The molecule has 1 fully saturated rings. The van der Waals surface area contributed by atoms with E-state index in [1.807, 2.05) is 72.8 Å². The fourth-order valence-corrected chi connectivity index (χ4v) is 4.97. The van der Waals surface area contributed by atoms with E-state index in [-0.39, 0.29) is 18.3 Å². The number of para-hydroxylation sites is 1. The number of hydrogen-bond acceptors (Lipinski definition) is 4. The van der Waals surface area contributed by atoms with Crippen molar-refractivity contribution in [2.45, 2.75) is 6.61 Å². The smallest absolute Gasteiger partial charge is 0.270 e. The number of hydrogen-bond donors (Lipinski definition) is 0. The maximum Gasteiger partial charge on any atom is 0.270 e. The Bertz CT molecular complexity index is 1380. The summed E-state index contributed by atoms with van der Waals surface area (Å²) in [7, 11) is 0. The molecule has 1 aliphatic rings. The summed E-state index contributed by atoms with van der Waals surface area (Å²) in [5, 5.41) is 2.01. The van der Waals surface area contributed by atoms with Crippen molar-refractivity contribution in [3.8, 4) is 5.75 Å². The lowest BCUT2D eigenvalue weighted by Gasteiger charge is -2.14. The predicted molar refractivity (Wildman–Crippen MR) is 137 cm³/mol. The molecule has 1 amide bonds. The van der Waals surface area contributed by atoms with E-state index in [9.17, 15) is 9.18 Å². The van der Waals surface area contributed by atoms with Crippen LogP contribution in [0.2, 0.25) is 0 Å². The number of thioether (sulfide) groups is 1. The van der Waals surface area contributed by atoms with Crippen LogP contribution in [-0.2, 0) is 11.4 Å². The zero-order chi connectivity index (χ0) is 22.8. The quantitative estimate of drug-likeness (QED) is 0.232. The first-order valence-corrected chi connectivity index (χ1v) is 11.5. The Kier molecular flexibility index (Phi) is 5.94. The number of amides is 1. The van der Waals surface area contributed by atoms with Crippen molar-refractivity contribution in [2.75, 3.05) is 4.90 Å². The predicted octanol–water partition coefficient (Wildman–Crippen LogP) is 6.96. The Hall–Kier alpha value is -3.48. The Morgan fingerprint density at radius 3 is 2.42 bits per heavy atom. The lowest BCUT2D eigenvalue weighted by atomic mass is 10.0. The SMILES string of the molecule is O=C1/C(=C\c2c(OCc3ccc(F)cc3)ccc3ccccc23)SC(=S)N1c1ccccc1. The number of fused-ring (bicyclic) bond motifs is 1. The summed E-state index contributed by atoms with van der Waals surface area (Å²) in [6, 6.07) is 27.4. The minimum absolute atomic E-state index is 0.159. The molecule has 1 aliphatic heterocycles. The number of benzene rings is 4. The molecule has 5 rings (SSSR count). The van der Waals surface area contributed by atoms with Crippen LogP contribution in [0.15, 0.2) is 95.9 Å². The molecule has 162 valence electrons. The lowest BCUT2D eigenvalue weighted by molar-refractivity contribution is -0.113. The van der Waals surface area contributed by atoms with Gasteiger partial charge in [-0.2, -0.15) is 0 Å². The number of anilines is 1. The van der Waals surface area contributed by atoms with Gasteiger partial charge in [0.25, 0.3) is 5.91 Å². The number of thiocarbonyl (C=S) groups is 1. The molecular formula is C27H18FNO2S2. The fourth-order valence-electron chi connectivity index (χ4n) is 3.69. The normalized spacial score (nSPS) is 14.9. The largest absolute Gasteiger partial charge is 0.488 e. The summed E-state index contributed by atoms with van der Waals surface area (Å²) in [6.07, 6.45) is 1.85. The van der Waals surface area contributed by atoms with Crippen LogP contribution >= 0.6 is 24.0 Å². The molecule has 4 aromatic rings. The van der Waals surface area contributed by atoms with Gasteiger partial charge in [0.1, 0.15) is 18.2 Å². The Morgan fingerprint density at radius 1 is 0.909 bits per heavy atom. The van der Waals surface area contributed by atoms with Gasteiger partial charge in [0.15, 0.2) is 4.32 Å². The van der Waals surface area contributed by atoms with Gasteiger partial charge in [0.2, 0.25) is 0 Å². The molecule has 1 saturated heterocycles. The molecule has 0 radical (unpaired) electrons. The molecule has 4 aromatic carbocycles. The molecule has 0 bridgehead atoms. The van der Waals surface area contributed by atoms with Gasteiger partial charge in [-0.05, 0) is 52.7 Å². The summed E-state index contributed by atoms with van der Waals surface area (Å²) >= 11 is 6.79. The van der Waals surface area contributed by atoms with Gasteiger partial charge >= 0.3 is 0 Å². The molecular weight excluding hydrogens is 453 g/mol. The average Bonchev–Trinajstić information content (AvgIpc) is 3.12. The minimum atomic E-state index is -0.286. The van der Waals surface area contributed by atoms with E-state index in [4.69, 9.17) is 17.0 Å². The second-order valence-corrected chi connectivity index (χ2v) is 9.14. The third kappa shape index (κ3) is 4.40. The van der Waals surface area contributed by atoms with Crippen LogP contribution < -0.4 is 9.64 Å². The zero-order valence-corrected chi connectivity index (χ0v) is 19.0. The zero-order valence-electron chi connectivity index (χ0n) is 17.4. The van der Waals surface area contributed by atoms with Gasteiger partial charge in [-0.15, -0.1) is 0 Å². The topological polar surface area (TPSA) is 29.5 Å². The molecule has 0 N–H and O–H groups in total. The second kappa shape index (κ2) is 9.17. The molecule has 0 aliphatic carbocycles. The maximum atomic E-state index is 13.3. The Morgan fingerprint density at radius 2 is 1.64 bits per heavy atom. The van der Waals surface area contributed by atoms with Crippen molar-refractivity contribution >= 4 is 56.7 Å². The van der Waals surface area contributed by atoms with E-state index in [0.29, 0.717) is 15.0 Å². The molecule has 0 saturated carbocycles. The Balaban J connectivity index is 1.53. The minimum Gasteiger partial charge on any atom is -0.488 e. The van der Waals surface area contributed by atoms with Crippen LogP contribution in [0.5, 0.6) is 5.75 Å². The molecule has 0 atom stereocenters. The standard InChI is InChI=1S/C27H18FNO2S2/c28-20-13-10-18(11-14-20)17-31-24-15-12-19-6-4-5-9-22(19)23(24)16-25-26(30)29(27(32)33-25)21-7-2-1-3-8-21/h1-16H,17H2/b25-16+. The van der Waals surface area contributed by atoms with Crippen LogP contribution in [0, 0.1) is 5.82 Å². The van der Waals surface area contributed by atoms with Gasteiger partial charge in [0.05, 0.1) is 10.6 Å². The van der Waals surface area contributed by atoms with E-state index >= 15 is 0 Å². The van der Waals surface area contributed by atoms with Crippen molar-refractivity contribution in [2.24, 2.45) is 0 Å². The third-order valence-electron chi connectivity index (χ3n) is 5.32. The number of carbonyl (C=O) groups is 1. The summed E-state index contributed by atoms with van der Waals surface area (Å²) < 4.78 is 19.9.